The first-order chi connectivity index (χ1) is 19.6. The van der Waals surface area contributed by atoms with Gasteiger partial charge in [0, 0.05) is 48.1 Å². The van der Waals surface area contributed by atoms with Gasteiger partial charge < -0.3 is 23.8 Å². The molecule has 2 aromatic carbocycles. The molecular formula is C29H32ClFN4O6. The highest BCUT2D eigenvalue weighted by molar-refractivity contribution is 6.31. The zero-order valence-corrected chi connectivity index (χ0v) is 24.2. The monoisotopic (exact) mass is 586 g/mol. The molecule has 3 heterocycles. The van der Waals surface area contributed by atoms with Gasteiger partial charge in [-0.1, -0.05) is 11.6 Å². The van der Waals surface area contributed by atoms with E-state index in [1.807, 2.05) is 6.07 Å². The van der Waals surface area contributed by atoms with E-state index in [1.54, 1.807) is 40.1 Å². The molecular weight excluding hydrogens is 555 g/mol. The Morgan fingerprint density at radius 2 is 1.88 bits per heavy atom. The van der Waals surface area contributed by atoms with Crippen molar-refractivity contribution in [3.63, 3.8) is 0 Å². The van der Waals surface area contributed by atoms with E-state index in [9.17, 15) is 9.18 Å². The summed E-state index contributed by atoms with van der Waals surface area (Å²) < 4.78 is 38.1. The molecule has 1 aliphatic rings. The van der Waals surface area contributed by atoms with E-state index >= 15 is 0 Å². The normalized spacial score (nSPS) is 14.4. The molecule has 218 valence electrons. The van der Waals surface area contributed by atoms with E-state index < -0.39 is 17.6 Å². The summed E-state index contributed by atoms with van der Waals surface area (Å²) in [6.07, 6.45) is 2.85. The Kier molecular flexibility index (Phi) is 8.48. The van der Waals surface area contributed by atoms with Crippen LogP contribution in [0.2, 0.25) is 5.02 Å². The minimum Gasteiger partial charge on any atom is -0.493 e. The maximum atomic E-state index is 14.5. The van der Waals surface area contributed by atoms with Crippen molar-refractivity contribution in [3.8, 4) is 22.8 Å². The SMILES string of the molecule is COc1cc2ncnc(-c3cn(OC(=O)OC(C)(C)C)c4cc(F)c(Cl)cc34)c2cc1OCCCN1CCOCC1. The fraction of sp³-hybridized carbons (Fsp3) is 0.414. The van der Waals surface area contributed by atoms with Gasteiger partial charge in [-0.15, -0.1) is 0 Å². The Labute approximate surface area is 241 Å². The fourth-order valence-corrected chi connectivity index (χ4v) is 4.81. The first-order valence-electron chi connectivity index (χ1n) is 13.3. The van der Waals surface area contributed by atoms with Crippen molar-refractivity contribution >= 4 is 39.6 Å². The minimum atomic E-state index is -0.943. The summed E-state index contributed by atoms with van der Waals surface area (Å²) in [7, 11) is 1.57. The Bertz CT molecular complexity index is 1560. The molecule has 5 rings (SSSR count). The van der Waals surface area contributed by atoms with Crippen molar-refractivity contribution < 1.29 is 33.0 Å². The van der Waals surface area contributed by atoms with Crippen LogP contribution in [-0.4, -0.2) is 77.9 Å². The zero-order chi connectivity index (χ0) is 29.1. The van der Waals surface area contributed by atoms with Gasteiger partial charge >= 0.3 is 6.16 Å². The predicted molar refractivity (Wildman–Crippen MR) is 152 cm³/mol. The molecule has 0 radical (unpaired) electrons. The Balaban J connectivity index is 1.50. The molecule has 0 aliphatic carbocycles. The van der Waals surface area contributed by atoms with Gasteiger partial charge in [0.2, 0.25) is 0 Å². The molecule has 1 saturated heterocycles. The van der Waals surface area contributed by atoms with Crippen LogP contribution in [0.4, 0.5) is 9.18 Å². The van der Waals surface area contributed by atoms with Gasteiger partial charge in [-0.25, -0.2) is 19.2 Å². The smallest absolute Gasteiger partial charge is 0.493 e. The zero-order valence-electron chi connectivity index (χ0n) is 23.4. The highest BCUT2D eigenvalue weighted by atomic mass is 35.5. The summed E-state index contributed by atoms with van der Waals surface area (Å²) in [6.45, 7) is 9.88. The third-order valence-corrected chi connectivity index (χ3v) is 6.82. The van der Waals surface area contributed by atoms with Crippen LogP contribution < -0.4 is 14.3 Å². The lowest BCUT2D eigenvalue weighted by molar-refractivity contribution is -0.00871. The molecule has 0 spiro atoms. The number of fused-ring (bicyclic) bond motifs is 2. The molecule has 1 aliphatic heterocycles. The summed E-state index contributed by atoms with van der Waals surface area (Å²) in [5, 5.41) is 1.09. The maximum absolute atomic E-state index is 14.5. The van der Waals surface area contributed by atoms with Crippen molar-refractivity contribution in [1.82, 2.24) is 19.6 Å². The van der Waals surface area contributed by atoms with Gasteiger partial charge in [-0.3, -0.25) is 4.90 Å². The Morgan fingerprint density at radius 3 is 2.61 bits per heavy atom. The van der Waals surface area contributed by atoms with Crippen molar-refractivity contribution in [3.05, 3.63) is 47.6 Å². The number of rotatable bonds is 8. The van der Waals surface area contributed by atoms with E-state index in [4.69, 9.17) is 35.4 Å². The Hall–Kier alpha value is -3.67. The average molecular weight is 587 g/mol. The van der Waals surface area contributed by atoms with Crippen LogP contribution in [0.15, 0.2) is 36.8 Å². The summed E-state index contributed by atoms with van der Waals surface area (Å²) in [6, 6.07) is 6.26. The largest absolute Gasteiger partial charge is 0.534 e. The third kappa shape index (κ3) is 6.64. The molecule has 0 atom stereocenters. The van der Waals surface area contributed by atoms with Crippen molar-refractivity contribution in [1.29, 1.82) is 0 Å². The minimum absolute atomic E-state index is 0.0851. The highest BCUT2D eigenvalue weighted by Crippen LogP contribution is 2.39. The lowest BCUT2D eigenvalue weighted by Gasteiger charge is -2.26. The molecule has 12 heteroatoms. The van der Waals surface area contributed by atoms with Crippen LogP contribution in [0, 0.1) is 5.82 Å². The van der Waals surface area contributed by atoms with Crippen LogP contribution in [-0.2, 0) is 9.47 Å². The number of hydrogen-bond acceptors (Lipinski definition) is 9. The number of carbonyl (C=O) groups excluding carboxylic acids is 1. The molecule has 0 amide bonds. The topological polar surface area (TPSA) is 97.2 Å². The van der Waals surface area contributed by atoms with Gasteiger partial charge in [0.15, 0.2) is 11.5 Å². The molecule has 4 aromatic rings. The van der Waals surface area contributed by atoms with Crippen LogP contribution in [0.5, 0.6) is 11.5 Å². The number of morpholine rings is 1. The second kappa shape index (κ2) is 12.1. The standard InChI is InChI=1S/C29H32ClFN4O6/c1-29(2,3)40-28(36)41-35-16-20(18-12-21(30)22(31)14-24(18)35)27-19-13-26(25(37-4)15-23(19)32-17-33-27)39-9-5-6-34-7-10-38-11-8-34/h12-17H,5-11H2,1-4H3. The molecule has 10 nitrogen and oxygen atoms in total. The van der Waals surface area contributed by atoms with Crippen LogP contribution in [0.3, 0.4) is 0 Å². The number of halogens is 2. The lowest BCUT2D eigenvalue weighted by atomic mass is 10.0. The Morgan fingerprint density at radius 1 is 1.10 bits per heavy atom. The molecule has 2 aromatic heterocycles. The van der Waals surface area contributed by atoms with E-state index in [1.165, 1.54) is 18.5 Å². The summed E-state index contributed by atoms with van der Waals surface area (Å²) in [4.78, 5) is 29.2. The third-order valence-electron chi connectivity index (χ3n) is 6.53. The van der Waals surface area contributed by atoms with Gasteiger partial charge in [0.25, 0.3) is 0 Å². The fourth-order valence-electron chi connectivity index (χ4n) is 4.65. The number of carbonyl (C=O) groups is 1. The second-order valence-electron chi connectivity index (χ2n) is 10.6. The number of aromatic nitrogens is 3. The van der Waals surface area contributed by atoms with Crippen LogP contribution in [0.1, 0.15) is 27.2 Å². The van der Waals surface area contributed by atoms with E-state index in [2.05, 4.69) is 14.9 Å². The van der Waals surface area contributed by atoms with Gasteiger partial charge in [-0.2, -0.15) is 4.73 Å². The molecule has 0 saturated carbocycles. The average Bonchev–Trinajstić information content (AvgIpc) is 3.26. The molecule has 1 fully saturated rings. The summed E-state index contributed by atoms with van der Waals surface area (Å²) >= 11 is 6.16. The molecule has 0 bridgehead atoms. The van der Waals surface area contributed by atoms with Crippen molar-refractivity contribution in [2.75, 3.05) is 46.6 Å². The maximum Gasteiger partial charge on any atom is 0.534 e. The van der Waals surface area contributed by atoms with Crippen LogP contribution >= 0.6 is 11.6 Å². The first-order valence-corrected chi connectivity index (χ1v) is 13.7. The van der Waals surface area contributed by atoms with E-state index in [0.717, 1.165) is 44.0 Å². The predicted octanol–water partition coefficient (Wildman–Crippen LogP) is 5.52. The van der Waals surface area contributed by atoms with E-state index in [-0.39, 0.29) is 10.5 Å². The van der Waals surface area contributed by atoms with Crippen LogP contribution in [0.25, 0.3) is 33.1 Å². The molecule has 0 N–H and O–H groups in total. The number of hydrogen-bond donors (Lipinski definition) is 0. The number of benzene rings is 2. The molecule has 0 unspecified atom stereocenters. The number of nitrogens with zero attached hydrogens (tertiary/aromatic N) is 4. The quantitative estimate of drug-likeness (QED) is 0.195. The summed E-state index contributed by atoms with van der Waals surface area (Å²) in [5.41, 5.74) is 1.15. The highest BCUT2D eigenvalue weighted by Gasteiger charge is 2.23. The number of methoxy groups -OCH3 is 1. The van der Waals surface area contributed by atoms with Gasteiger partial charge in [0.1, 0.15) is 17.7 Å². The first kappa shape index (κ1) is 28.8. The number of ether oxygens (including phenoxy) is 4. The lowest BCUT2D eigenvalue weighted by Crippen LogP contribution is -2.37. The van der Waals surface area contributed by atoms with Crippen molar-refractivity contribution in [2.45, 2.75) is 32.8 Å². The van der Waals surface area contributed by atoms with Crippen molar-refractivity contribution in [2.24, 2.45) is 0 Å². The molecule has 41 heavy (non-hydrogen) atoms. The van der Waals surface area contributed by atoms with E-state index in [0.29, 0.717) is 45.7 Å². The van der Waals surface area contributed by atoms with Gasteiger partial charge in [-0.05, 0) is 39.3 Å². The second-order valence-corrected chi connectivity index (χ2v) is 11.0. The summed E-state index contributed by atoms with van der Waals surface area (Å²) in [5.74, 6) is 0.410. The van der Waals surface area contributed by atoms with Gasteiger partial charge in [0.05, 0.1) is 54.9 Å².